The van der Waals surface area contributed by atoms with E-state index in [1.807, 2.05) is 24.3 Å². The van der Waals surface area contributed by atoms with Gasteiger partial charge in [-0.1, -0.05) is 55.5 Å². The maximum atomic E-state index is 12.2. The molecule has 1 aromatic heterocycles. The summed E-state index contributed by atoms with van der Waals surface area (Å²) < 4.78 is 0. The van der Waals surface area contributed by atoms with Gasteiger partial charge in [0, 0.05) is 10.9 Å². The van der Waals surface area contributed by atoms with Crippen molar-refractivity contribution in [2.75, 3.05) is 5.32 Å². The Hall–Kier alpha value is -3.40. The summed E-state index contributed by atoms with van der Waals surface area (Å²) in [5.74, 6) is 0.577. The number of aromatic amines is 1. The molecule has 2 N–H and O–H groups in total. The summed E-state index contributed by atoms with van der Waals surface area (Å²) in [4.78, 5) is 19.3. The molecule has 1 heterocycles. The minimum Gasteiger partial charge on any atom is -0.339 e. The van der Waals surface area contributed by atoms with Crippen LogP contribution in [0.2, 0.25) is 0 Å². The first-order valence-electron chi connectivity index (χ1n) is 10.1. The van der Waals surface area contributed by atoms with Gasteiger partial charge in [0.25, 0.3) is 0 Å². The highest BCUT2D eigenvalue weighted by Crippen LogP contribution is 2.24. The highest BCUT2D eigenvalue weighted by molar-refractivity contribution is 5.71. The molecule has 1 aliphatic carbocycles. The van der Waals surface area contributed by atoms with Crippen molar-refractivity contribution < 1.29 is 0 Å². The number of aromatic nitrogens is 2. The van der Waals surface area contributed by atoms with Crippen molar-refractivity contribution in [3.63, 3.8) is 0 Å². The zero-order valence-corrected chi connectivity index (χ0v) is 16.8. The Morgan fingerprint density at radius 3 is 2.72 bits per heavy atom. The number of hydrogen-bond acceptors (Lipinski definition) is 3. The van der Waals surface area contributed by atoms with Crippen LogP contribution in [-0.4, -0.2) is 9.97 Å². The van der Waals surface area contributed by atoms with Gasteiger partial charge in [0.2, 0.25) is 0 Å². The molecule has 0 amide bonds. The lowest BCUT2D eigenvalue weighted by molar-refractivity contribution is 0.980. The van der Waals surface area contributed by atoms with Gasteiger partial charge in [-0.25, -0.2) is 4.79 Å². The van der Waals surface area contributed by atoms with Crippen molar-refractivity contribution in [1.82, 2.24) is 9.97 Å². The van der Waals surface area contributed by atoms with Crippen LogP contribution in [0.4, 0.5) is 11.5 Å². The van der Waals surface area contributed by atoms with E-state index < -0.39 is 0 Å². The highest BCUT2D eigenvalue weighted by Gasteiger charge is 2.07. The van der Waals surface area contributed by atoms with Gasteiger partial charge in [-0.3, -0.25) is 0 Å². The van der Waals surface area contributed by atoms with Crippen LogP contribution >= 0.6 is 0 Å². The Morgan fingerprint density at radius 1 is 1.10 bits per heavy atom. The van der Waals surface area contributed by atoms with E-state index in [0.29, 0.717) is 5.82 Å². The number of H-pyrrole nitrogens is 1. The van der Waals surface area contributed by atoms with E-state index in [2.05, 4.69) is 71.6 Å². The van der Waals surface area contributed by atoms with Crippen molar-refractivity contribution >= 4 is 23.2 Å². The van der Waals surface area contributed by atoms with E-state index in [1.54, 1.807) is 0 Å². The van der Waals surface area contributed by atoms with Crippen LogP contribution in [0.15, 0.2) is 65.5 Å². The summed E-state index contributed by atoms with van der Waals surface area (Å²) in [6.07, 6.45) is 9.09. The third-order valence-corrected chi connectivity index (χ3v) is 5.30. The molecule has 4 rings (SSSR count). The second kappa shape index (κ2) is 8.31. The topological polar surface area (TPSA) is 57.8 Å². The minimum absolute atomic E-state index is 0.338. The van der Waals surface area contributed by atoms with Crippen molar-refractivity contribution in [1.29, 1.82) is 0 Å². The van der Waals surface area contributed by atoms with E-state index in [1.165, 1.54) is 11.1 Å². The number of hydrogen-bond donors (Lipinski definition) is 2. The van der Waals surface area contributed by atoms with Gasteiger partial charge >= 0.3 is 5.69 Å². The normalized spacial score (nSPS) is 13.2. The van der Waals surface area contributed by atoms with Crippen LogP contribution < -0.4 is 21.6 Å². The summed E-state index contributed by atoms with van der Waals surface area (Å²) in [6, 6.07) is 16.8. The summed E-state index contributed by atoms with van der Waals surface area (Å²) in [5.41, 5.74) is 5.34. The third-order valence-electron chi connectivity index (χ3n) is 5.30. The zero-order chi connectivity index (χ0) is 20.2. The predicted octanol–water partition coefficient (Wildman–Crippen LogP) is 4.04. The molecule has 0 aliphatic heterocycles. The maximum absolute atomic E-state index is 12.2. The molecule has 0 atom stereocenters. The lowest BCUT2D eigenvalue weighted by Crippen LogP contribution is -2.39. The maximum Gasteiger partial charge on any atom is 0.347 e. The van der Waals surface area contributed by atoms with E-state index in [-0.39, 0.29) is 5.69 Å². The summed E-state index contributed by atoms with van der Waals surface area (Å²) in [5, 5.41) is 5.14. The molecule has 146 valence electrons. The Balaban J connectivity index is 1.76. The summed E-state index contributed by atoms with van der Waals surface area (Å²) in [7, 11) is 0. The Kier molecular flexibility index (Phi) is 5.43. The lowest BCUT2D eigenvalue weighted by Gasteiger charge is -2.10. The third kappa shape index (κ3) is 4.21. The second-order valence-corrected chi connectivity index (χ2v) is 7.35. The van der Waals surface area contributed by atoms with Crippen LogP contribution in [-0.2, 0) is 6.42 Å². The minimum atomic E-state index is -0.338. The molecule has 0 bridgehead atoms. The molecule has 0 radical (unpaired) electrons. The van der Waals surface area contributed by atoms with Crippen molar-refractivity contribution in [2.24, 2.45) is 0 Å². The highest BCUT2D eigenvalue weighted by atomic mass is 16.1. The van der Waals surface area contributed by atoms with Crippen LogP contribution in [0.5, 0.6) is 0 Å². The number of benzene rings is 2. The molecule has 0 fully saturated rings. The van der Waals surface area contributed by atoms with Crippen LogP contribution in [0.25, 0.3) is 22.8 Å². The standard InChI is InChI=1S/C25H25N3O/c1-3-18-12-14-19(15-13-18)20-9-7-10-21(16-20)26-24-22-11-6-4-5-8-17(2)23(22)27-25(29)28-24/h4,6-7,9-16H,3,5,8H2,1-2H3,(H2,26,27,28,29). The van der Waals surface area contributed by atoms with E-state index in [9.17, 15) is 4.79 Å². The number of fused-ring (bicyclic) bond motifs is 1. The van der Waals surface area contributed by atoms with Gasteiger partial charge in [0.1, 0.15) is 5.82 Å². The first kappa shape index (κ1) is 18.9. The number of nitrogens with zero attached hydrogens (tertiary/aromatic N) is 1. The van der Waals surface area contributed by atoms with Crippen molar-refractivity contribution in [2.45, 2.75) is 33.1 Å². The van der Waals surface area contributed by atoms with E-state index >= 15 is 0 Å². The number of rotatable bonds is 4. The Morgan fingerprint density at radius 2 is 1.93 bits per heavy atom. The molecule has 0 saturated carbocycles. The van der Waals surface area contributed by atoms with Crippen LogP contribution in [0.3, 0.4) is 0 Å². The fourth-order valence-electron chi connectivity index (χ4n) is 3.61. The van der Waals surface area contributed by atoms with Crippen LogP contribution in [0, 0.1) is 0 Å². The molecule has 29 heavy (non-hydrogen) atoms. The predicted molar refractivity (Wildman–Crippen MR) is 121 cm³/mol. The monoisotopic (exact) mass is 383 g/mol. The first-order valence-corrected chi connectivity index (χ1v) is 10.1. The fourth-order valence-corrected chi connectivity index (χ4v) is 3.61. The van der Waals surface area contributed by atoms with Gasteiger partial charge < -0.3 is 10.3 Å². The molecule has 3 aromatic rings. The smallest absolute Gasteiger partial charge is 0.339 e. The van der Waals surface area contributed by atoms with Crippen LogP contribution in [0.1, 0.15) is 32.3 Å². The van der Waals surface area contributed by atoms with Crippen molar-refractivity contribution in [3.05, 3.63) is 87.3 Å². The molecule has 0 unspecified atom stereocenters. The van der Waals surface area contributed by atoms with Gasteiger partial charge in [-0.05, 0) is 66.7 Å². The van der Waals surface area contributed by atoms with Crippen molar-refractivity contribution in [3.8, 4) is 11.1 Å². The quantitative estimate of drug-likeness (QED) is 0.715. The average molecular weight is 383 g/mol. The number of anilines is 2. The van der Waals surface area contributed by atoms with Gasteiger partial charge in [0.15, 0.2) is 0 Å². The van der Waals surface area contributed by atoms with Gasteiger partial charge in [-0.15, -0.1) is 0 Å². The molecule has 4 nitrogen and oxygen atoms in total. The Labute approximate surface area is 170 Å². The molecular formula is C25H25N3O. The summed E-state index contributed by atoms with van der Waals surface area (Å²) in [6.45, 7) is 4.22. The SMILES string of the molecule is CCc1ccc(-c2cccc(Nc3nc(=O)[nH]c4c3=CC=CCCC=4C)c2)cc1. The molecule has 1 aliphatic rings. The van der Waals surface area contributed by atoms with E-state index in [4.69, 9.17) is 0 Å². The van der Waals surface area contributed by atoms with Gasteiger partial charge in [-0.2, -0.15) is 4.98 Å². The number of allylic oxidation sites excluding steroid dienone is 2. The summed E-state index contributed by atoms with van der Waals surface area (Å²) >= 11 is 0. The second-order valence-electron chi connectivity index (χ2n) is 7.35. The van der Waals surface area contributed by atoms with E-state index in [0.717, 1.165) is 46.7 Å². The largest absolute Gasteiger partial charge is 0.347 e. The first-order chi connectivity index (χ1) is 14.1. The van der Waals surface area contributed by atoms with Gasteiger partial charge in [0.05, 0.1) is 5.35 Å². The Bertz CT molecular complexity index is 1230. The fraction of sp³-hybridized carbons (Fsp3) is 0.200. The lowest BCUT2D eigenvalue weighted by atomic mass is 10.0. The molecule has 0 saturated heterocycles. The zero-order valence-electron chi connectivity index (χ0n) is 16.8. The number of nitrogens with one attached hydrogen (secondary N) is 2. The molecule has 4 heteroatoms. The molecular weight excluding hydrogens is 358 g/mol. The number of aryl methyl sites for hydroxylation is 1. The molecule has 2 aromatic carbocycles. The average Bonchev–Trinajstić information content (AvgIpc) is 2.73. The molecule has 0 spiro atoms.